The molecule has 1 saturated heterocycles. The van der Waals surface area contributed by atoms with E-state index in [0.29, 0.717) is 36.1 Å². The van der Waals surface area contributed by atoms with Crippen LogP contribution in [0.25, 0.3) is 10.9 Å². The van der Waals surface area contributed by atoms with Crippen LogP contribution in [0.3, 0.4) is 0 Å². The molecule has 0 saturated carbocycles. The van der Waals surface area contributed by atoms with Gasteiger partial charge in [0.25, 0.3) is 0 Å². The van der Waals surface area contributed by atoms with Crippen LogP contribution in [-0.2, 0) is 0 Å². The first-order valence-corrected chi connectivity index (χ1v) is 7.38. The van der Waals surface area contributed by atoms with E-state index < -0.39 is 6.09 Å². The van der Waals surface area contributed by atoms with E-state index in [2.05, 4.69) is 19.9 Å². The molecule has 0 bridgehead atoms. The summed E-state index contributed by atoms with van der Waals surface area (Å²) in [6.07, 6.45) is 0.798. The number of carboxylic acid groups (broad SMARTS) is 1. The second-order valence-corrected chi connectivity index (χ2v) is 5.75. The summed E-state index contributed by atoms with van der Waals surface area (Å²) in [7, 11) is 0. The predicted octanol–water partition coefficient (Wildman–Crippen LogP) is 2.18. The highest BCUT2D eigenvalue weighted by Gasteiger charge is 2.27. The van der Waals surface area contributed by atoms with Gasteiger partial charge in [-0.2, -0.15) is 0 Å². The van der Waals surface area contributed by atoms with Crippen molar-refractivity contribution in [2.75, 3.05) is 24.5 Å². The van der Waals surface area contributed by atoms with Crippen LogP contribution in [0.2, 0.25) is 5.15 Å². The van der Waals surface area contributed by atoms with E-state index in [1.807, 2.05) is 13.0 Å². The largest absolute Gasteiger partial charge is 0.465 e. The fourth-order valence-electron chi connectivity index (χ4n) is 2.72. The number of aromatic nitrogens is 3. The fraction of sp³-hybridized carbons (Fsp3) is 0.429. The zero-order valence-corrected chi connectivity index (χ0v) is 13.1. The maximum absolute atomic E-state index is 11.1. The van der Waals surface area contributed by atoms with E-state index in [1.54, 1.807) is 13.1 Å². The van der Waals surface area contributed by atoms with Crippen LogP contribution in [0.1, 0.15) is 12.7 Å². The zero-order chi connectivity index (χ0) is 15.9. The Labute approximate surface area is 132 Å². The summed E-state index contributed by atoms with van der Waals surface area (Å²) >= 11 is 6.19. The Morgan fingerprint density at radius 2 is 2.18 bits per heavy atom. The minimum absolute atomic E-state index is 0.0416. The van der Waals surface area contributed by atoms with Gasteiger partial charge in [0, 0.05) is 31.1 Å². The maximum Gasteiger partial charge on any atom is 0.407 e. The molecule has 1 N–H and O–H groups in total. The second kappa shape index (κ2) is 5.57. The van der Waals surface area contributed by atoms with Gasteiger partial charge in [-0.05, 0) is 19.9 Å². The molecule has 0 unspecified atom stereocenters. The topological polar surface area (TPSA) is 82.5 Å². The summed E-state index contributed by atoms with van der Waals surface area (Å²) in [5.74, 6) is 1.37. The van der Waals surface area contributed by atoms with Gasteiger partial charge in [-0.3, -0.25) is 0 Å². The second-order valence-electron chi connectivity index (χ2n) is 5.39. The lowest BCUT2D eigenvalue weighted by Gasteiger charge is -2.39. The molecule has 3 rings (SSSR count). The highest BCUT2D eigenvalue weighted by molar-refractivity contribution is 6.34. The van der Waals surface area contributed by atoms with Gasteiger partial charge < -0.3 is 14.9 Å². The van der Waals surface area contributed by atoms with Crippen LogP contribution >= 0.6 is 11.6 Å². The lowest BCUT2D eigenvalue weighted by molar-refractivity contribution is 0.136. The summed E-state index contributed by atoms with van der Waals surface area (Å²) < 4.78 is 0. The molecule has 1 aliphatic heterocycles. The van der Waals surface area contributed by atoms with Gasteiger partial charge in [0.1, 0.15) is 16.8 Å². The minimum atomic E-state index is -0.884. The number of aryl methyl sites for hydroxylation is 1. The summed E-state index contributed by atoms with van der Waals surface area (Å²) in [5, 5.41) is 10.2. The van der Waals surface area contributed by atoms with Gasteiger partial charge in [-0.15, -0.1) is 0 Å². The van der Waals surface area contributed by atoms with Crippen molar-refractivity contribution in [1.29, 1.82) is 0 Å². The minimum Gasteiger partial charge on any atom is -0.465 e. The molecular formula is C14H16ClN5O2. The van der Waals surface area contributed by atoms with Crippen LogP contribution in [0.15, 0.2) is 12.3 Å². The normalized spacial score (nSPS) is 18.8. The number of hydrogen-bond donors (Lipinski definition) is 1. The Hall–Kier alpha value is -2.15. The van der Waals surface area contributed by atoms with Gasteiger partial charge in [-0.1, -0.05) is 11.6 Å². The first-order chi connectivity index (χ1) is 10.5. The molecule has 0 aromatic carbocycles. The van der Waals surface area contributed by atoms with Crippen molar-refractivity contribution < 1.29 is 9.90 Å². The Morgan fingerprint density at radius 3 is 2.86 bits per heavy atom. The summed E-state index contributed by atoms with van der Waals surface area (Å²) in [4.78, 5) is 27.5. The molecule has 0 aliphatic carbocycles. The molecule has 1 atom stereocenters. The Balaban J connectivity index is 1.92. The molecule has 3 heterocycles. The number of carbonyl (C=O) groups is 1. The number of nitrogens with zero attached hydrogens (tertiary/aromatic N) is 5. The average molecular weight is 322 g/mol. The molecule has 0 radical (unpaired) electrons. The van der Waals surface area contributed by atoms with E-state index >= 15 is 0 Å². The van der Waals surface area contributed by atoms with Crippen molar-refractivity contribution in [1.82, 2.24) is 19.9 Å². The lowest BCUT2D eigenvalue weighted by atomic mass is 10.2. The number of amides is 1. The van der Waals surface area contributed by atoms with Crippen molar-refractivity contribution >= 4 is 34.4 Å². The van der Waals surface area contributed by atoms with Gasteiger partial charge >= 0.3 is 6.09 Å². The molecule has 8 heteroatoms. The standard InChI is InChI=1S/C14H16ClN5O2/c1-8-7-19(14(21)22)3-4-20(8)12-5-10-11(6-16-12)17-9(2)18-13(10)15/h5-6,8H,3-4,7H2,1-2H3,(H,21,22)/t8-/m0/s1. The number of hydrogen-bond acceptors (Lipinski definition) is 5. The van der Waals surface area contributed by atoms with Gasteiger partial charge in [0.05, 0.1) is 11.7 Å². The Bertz CT molecular complexity index is 738. The molecule has 0 spiro atoms. The quantitative estimate of drug-likeness (QED) is 0.811. The number of pyridine rings is 1. The van der Waals surface area contributed by atoms with Crippen molar-refractivity contribution in [3.05, 3.63) is 23.2 Å². The predicted molar refractivity (Wildman–Crippen MR) is 83.5 cm³/mol. The SMILES string of the molecule is Cc1nc(Cl)c2cc(N3CCN(C(=O)O)C[C@@H]3C)ncc2n1. The smallest absolute Gasteiger partial charge is 0.407 e. The molecular weight excluding hydrogens is 306 g/mol. The summed E-state index contributed by atoms with van der Waals surface area (Å²) in [6.45, 7) is 5.27. The molecule has 2 aromatic rings. The highest BCUT2D eigenvalue weighted by Crippen LogP contribution is 2.26. The average Bonchev–Trinajstić information content (AvgIpc) is 2.46. The van der Waals surface area contributed by atoms with Gasteiger partial charge in [0.15, 0.2) is 0 Å². The van der Waals surface area contributed by atoms with Crippen molar-refractivity contribution in [3.8, 4) is 0 Å². The summed E-state index contributed by atoms with van der Waals surface area (Å²) in [5.41, 5.74) is 0.707. The number of fused-ring (bicyclic) bond motifs is 1. The summed E-state index contributed by atoms with van der Waals surface area (Å²) in [6, 6.07) is 1.91. The third-order valence-corrected chi connectivity index (χ3v) is 4.11. The Morgan fingerprint density at radius 1 is 1.41 bits per heavy atom. The molecule has 7 nitrogen and oxygen atoms in total. The first-order valence-electron chi connectivity index (χ1n) is 7.00. The van der Waals surface area contributed by atoms with Crippen molar-refractivity contribution in [3.63, 3.8) is 0 Å². The fourth-order valence-corrected chi connectivity index (χ4v) is 3.00. The Kier molecular flexibility index (Phi) is 3.74. The van der Waals surface area contributed by atoms with E-state index in [1.165, 1.54) is 4.90 Å². The van der Waals surface area contributed by atoms with Crippen LogP contribution in [0, 0.1) is 6.92 Å². The van der Waals surface area contributed by atoms with Gasteiger partial charge in [0.2, 0.25) is 0 Å². The maximum atomic E-state index is 11.1. The molecule has 2 aromatic heterocycles. The number of halogens is 1. The van der Waals surface area contributed by atoms with Crippen molar-refractivity contribution in [2.24, 2.45) is 0 Å². The molecule has 22 heavy (non-hydrogen) atoms. The molecule has 116 valence electrons. The van der Waals surface area contributed by atoms with E-state index in [4.69, 9.17) is 16.7 Å². The third-order valence-electron chi connectivity index (χ3n) is 3.83. The van der Waals surface area contributed by atoms with E-state index in [0.717, 1.165) is 11.2 Å². The van der Waals surface area contributed by atoms with Crippen LogP contribution in [-0.4, -0.2) is 56.7 Å². The monoisotopic (exact) mass is 321 g/mol. The highest BCUT2D eigenvalue weighted by atomic mass is 35.5. The van der Waals surface area contributed by atoms with Crippen LogP contribution in [0.5, 0.6) is 0 Å². The molecule has 1 aliphatic rings. The number of rotatable bonds is 1. The number of piperazine rings is 1. The van der Waals surface area contributed by atoms with Gasteiger partial charge in [-0.25, -0.2) is 19.7 Å². The molecule has 1 fully saturated rings. The van der Waals surface area contributed by atoms with Crippen LogP contribution < -0.4 is 4.90 Å². The first kappa shape index (κ1) is 14.8. The van der Waals surface area contributed by atoms with E-state index in [9.17, 15) is 4.79 Å². The molecule has 1 amide bonds. The lowest BCUT2D eigenvalue weighted by Crippen LogP contribution is -2.53. The third kappa shape index (κ3) is 2.64. The zero-order valence-electron chi connectivity index (χ0n) is 12.3. The number of anilines is 1. The van der Waals surface area contributed by atoms with Crippen molar-refractivity contribution in [2.45, 2.75) is 19.9 Å². The van der Waals surface area contributed by atoms with E-state index in [-0.39, 0.29) is 6.04 Å². The van der Waals surface area contributed by atoms with Crippen LogP contribution in [0.4, 0.5) is 10.6 Å².